The molecule has 1 aliphatic rings. The molecule has 0 spiro atoms. The van der Waals surface area contributed by atoms with Gasteiger partial charge in [0.2, 0.25) is 0 Å². The Bertz CT molecular complexity index is 894. The molecular weight excluding hydrogens is 333 g/mol. The molecular formula is C19H18FN5O. The summed E-state index contributed by atoms with van der Waals surface area (Å²) in [5.74, 6) is -0.00130. The second-order valence-electron chi connectivity index (χ2n) is 6.46. The van der Waals surface area contributed by atoms with E-state index in [1.807, 2.05) is 17.0 Å². The highest BCUT2D eigenvalue weighted by Crippen LogP contribution is 2.22. The van der Waals surface area contributed by atoms with E-state index in [-0.39, 0.29) is 11.7 Å². The van der Waals surface area contributed by atoms with Gasteiger partial charge in [-0.15, -0.1) is 5.10 Å². The smallest absolute Gasteiger partial charge is 0.276 e. The minimum Gasteiger partial charge on any atom is -0.337 e. The van der Waals surface area contributed by atoms with Gasteiger partial charge in [-0.25, -0.2) is 4.39 Å². The van der Waals surface area contributed by atoms with Crippen molar-refractivity contribution in [3.63, 3.8) is 0 Å². The third kappa shape index (κ3) is 3.46. The summed E-state index contributed by atoms with van der Waals surface area (Å²) in [6.45, 7) is 1.43. The minimum atomic E-state index is -0.325. The molecule has 7 heteroatoms. The summed E-state index contributed by atoms with van der Waals surface area (Å²) in [6, 6.07) is 9.85. The molecule has 1 amide bonds. The maximum absolute atomic E-state index is 13.0. The van der Waals surface area contributed by atoms with Gasteiger partial charge in [-0.05, 0) is 60.7 Å². The minimum absolute atomic E-state index is 0.115. The number of carbonyl (C=O) groups excluding carboxylic acids is 1. The maximum atomic E-state index is 13.0. The van der Waals surface area contributed by atoms with Gasteiger partial charge in [0.15, 0.2) is 5.69 Å². The number of amides is 1. The zero-order chi connectivity index (χ0) is 17.9. The van der Waals surface area contributed by atoms with Crippen LogP contribution in [0.4, 0.5) is 4.39 Å². The van der Waals surface area contributed by atoms with Crippen molar-refractivity contribution in [2.24, 2.45) is 5.92 Å². The first-order chi connectivity index (χ1) is 12.7. The summed E-state index contributed by atoms with van der Waals surface area (Å²) in [6.07, 6.45) is 6.96. The molecule has 1 fully saturated rings. The van der Waals surface area contributed by atoms with Crippen molar-refractivity contribution in [3.05, 3.63) is 72.1 Å². The summed E-state index contributed by atoms with van der Waals surface area (Å²) in [5.41, 5.74) is 2.16. The number of halogens is 1. The standard InChI is InChI=1S/C19H18FN5O/c20-16-1-3-17(4-2-16)25-22-12-18(23-25)19(26)24-10-7-15(13-24)11-14-5-8-21-9-6-14/h1-6,8-9,12,15H,7,10-11,13H2. The fourth-order valence-electron chi connectivity index (χ4n) is 3.26. The number of likely N-dealkylation sites (tertiary alicyclic amines) is 1. The number of nitrogens with zero attached hydrogens (tertiary/aromatic N) is 5. The Morgan fingerprint density at radius 1 is 1.15 bits per heavy atom. The van der Waals surface area contributed by atoms with E-state index in [0.29, 0.717) is 23.8 Å². The van der Waals surface area contributed by atoms with Crippen LogP contribution in [0.1, 0.15) is 22.5 Å². The second kappa shape index (κ2) is 7.03. The lowest BCUT2D eigenvalue weighted by atomic mass is 10.00. The lowest BCUT2D eigenvalue weighted by Gasteiger charge is -2.15. The van der Waals surface area contributed by atoms with Crippen LogP contribution in [0.25, 0.3) is 5.69 Å². The highest BCUT2D eigenvalue weighted by Gasteiger charge is 2.28. The van der Waals surface area contributed by atoms with Crippen molar-refractivity contribution in [2.75, 3.05) is 13.1 Å². The Balaban J connectivity index is 1.41. The highest BCUT2D eigenvalue weighted by molar-refractivity contribution is 5.92. The number of hydrogen-bond acceptors (Lipinski definition) is 4. The van der Waals surface area contributed by atoms with Crippen LogP contribution >= 0.6 is 0 Å². The average Bonchev–Trinajstić information content (AvgIpc) is 3.33. The predicted octanol–water partition coefficient (Wildman–Crippen LogP) is 2.51. The van der Waals surface area contributed by atoms with Crippen LogP contribution in [0.5, 0.6) is 0 Å². The fraction of sp³-hybridized carbons (Fsp3) is 0.263. The molecule has 1 atom stereocenters. The molecule has 4 rings (SSSR count). The number of hydrogen-bond donors (Lipinski definition) is 0. The van der Waals surface area contributed by atoms with Gasteiger partial charge in [0.25, 0.3) is 5.91 Å². The van der Waals surface area contributed by atoms with Crippen LogP contribution in [0.2, 0.25) is 0 Å². The zero-order valence-electron chi connectivity index (χ0n) is 14.1. The number of pyridine rings is 1. The molecule has 1 saturated heterocycles. The summed E-state index contributed by atoms with van der Waals surface area (Å²) >= 11 is 0. The third-order valence-corrected chi connectivity index (χ3v) is 4.62. The van der Waals surface area contributed by atoms with Crippen molar-refractivity contribution in [3.8, 4) is 5.69 Å². The lowest BCUT2D eigenvalue weighted by molar-refractivity contribution is 0.0781. The van der Waals surface area contributed by atoms with Crippen LogP contribution in [-0.2, 0) is 6.42 Å². The molecule has 1 unspecified atom stereocenters. The van der Waals surface area contributed by atoms with Crippen molar-refractivity contribution < 1.29 is 9.18 Å². The van der Waals surface area contributed by atoms with Crippen molar-refractivity contribution >= 4 is 5.91 Å². The van der Waals surface area contributed by atoms with Crippen molar-refractivity contribution in [2.45, 2.75) is 12.8 Å². The zero-order valence-corrected chi connectivity index (χ0v) is 14.1. The quantitative estimate of drug-likeness (QED) is 0.724. The van der Waals surface area contributed by atoms with E-state index in [9.17, 15) is 9.18 Å². The molecule has 0 radical (unpaired) electrons. The summed E-state index contributed by atoms with van der Waals surface area (Å²) in [7, 11) is 0. The van der Waals surface area contributed by atoms with Crippen LogP contribution in [0.3, 0.4) is 0 Å². The fourth-order valence-corrected chi connectivity index (χ4v) is 3.26. The Morgan fingerprint density at radius 2 is 1.92 bits per heavy atom. The largest absolute Gasteiger partial charge is 0.337 e. The molecule has 1 aromatic carbocycles. The molecule has 26 heavy (non-hydrogen) atoms. The van der Waals surface area contributed by atoms with Gasteiger partial charge in [0, 0.05) is 25.5 Å². The normalized spacial score (nSPS) is 16.8. The molecule has 2 aromatic heterocycles. The van der Waals surface area contributed by atoms with Crippen LogP contribution in [-0.4, -0.2) is 43.9 Å². The summed E-state index contributed by atoms with van der Waals surface area (Å²) in [4.78, 5) is 19.9. The van der Waals surface area contributed by atoms with Gasteiger partial charge in [-0.3, -0.25) is 9.78 Å². The van der Waals surface area contributed by atoms with Gasteiger partial charge in [0.05, 0.1) is 11.9 Å². The molecule has 0 aliphatic carbocycles. The van der Waals surface area contributed by atoms with Gasteiger partial charge < -0.3 is 4.90 Å². The van der Waals surface area contributed by atoms with E-state index in [1.165, 1.54) is 28.7 Å². The van der Waals surface area contributed by atoms with E-state index in [0.717, 1.165) is 19.4 Å². The van der Waals surface area contributed by atoms with E-state index in [1.54, 1.807) is 24.5 Å². The number of rotatable bonds is 4. The summed E-state index contributed by atoms with van der Waals surface area (Å²) in [5, 5.41) is 8.37. The van der Waals surface area contributed by atoms with Crippen LogP contribution in [0.15, 0.2) is 55.0 Å². The molecule has 3 heterocycles. The molecule has 0 saturated carbocycles. The SMILES string of the molecule is O=C(c1cnn(-c2ccc(F)cc2)n1)N1CCC(Cc2ccncc2)C1. The van der Waals surface area contributed by atoms with Crippen LogP contribution in [0, 0.1) is 11.7 Å². The summed E-state index contributed by atoms with van der Waals surface area (Å²) < 4.78 is 13.0. The number of aromatic nitrogens is 4. The molecule has 0 bridgehead atoms. The van der Waals surface area contributed by atoms with E-state index >= 15 is 0 Å². The molecule has 1 aliphatic heterocycles. The van der Waals surface area contributed by atoms with Gasteiger partial charge in [-0.2, -0.15) is 9.90 Å². The van der Waals surface area contributed by atoms with Gasteiger partial charge in [-0.1, -0.05) is 0 Å². The van der Waals surface area contributed by atoms with Gasteiger partial charge in [0.1, 0.15) is 5.82 Å². The Hall–Kier alpha value is -3.09. The predicted molar refractivity (Wildman–Crippen MR) is 93.3 cm³/mol. The second-order valence-corrected chi connectivity index (χ2v) is 6.46. The molecule has 132 valence electrons. The maximum Gasteiger partial charge on any atom is 0.276 e. The topological polar surface area (TPSA) is 63.9 Å². The van der Waals surface area contributed by atoms with Crippen molar-refractivity contribution in [1.29, 1.82) is 0 Å². The average molecular weight is 351 g/mol. The Kier molecular flexibility index (Phi) is 4.43. The molecule has 0 N–H and O–H groups in total. The van der Waals surface area contributed by atoms with E-state index in [4.69, 9.17) is 0 Å². The first-order valence-electron chi connectivity index (χ1n) is 8.55. The first kappa shape index (κ1) is 16.4. The molecule has 6 nitrogen and oxygen atoms in total. The monoisotopic (exact) mass is 351 g/mol. The number of carbonyl (C=O) groups is 1. The third-order valence-electron chi connectivity index (χ3n) is 4.62. The first-order valence-corrected chi connectivity index (χ1v) is 8.55. The van der Waals surface area contributed by atoms with Crippen LogP contribution < -0.4 is 0 Å². The van der Waals surface area contributed by atoms with Gasteiger partial charge >= 0.3 is 0 Å². The van der Waals surface area contributed by atoms with Crippen molar-refractivity contribution in [1.82, 2.24) is 24.9 Å². The molecule has 3 aromatic rings. The number of benzene rings is 1. The Morgan fingerprint density at radius 3 is 2.69 bits per heavy atom. The van der Waals surface area contributed by atoms with E-state index in [2.05, 4.69) is 15.2 Å². The Labute approximate surface area is 150 Å². The lowest BCUT2D eigenvalue weighted by Crippen LogP contribution is -2.29. The van der Waals surface area contributed by atoms with E-state index < -0.39 is 0 Å². The highest BCUT2D eigenvalue weighted by atomic mass is 19.1.